The van der Waals surface area contributed by atoms with Crippen LogP contribution < -0.4 is 4.90 Å². The van der Waals surface area contributed by atoms with Gasteiger partial charge in [0.2, 0.25) is 5.69 Å². The Morgan fingerprint density at radius 2 is 1.53 bits per heavy atom. The summed E-state index contributed by atoms with van der Waals surface area (Å²) in [5.74, 6) is 2.15. The summed E-state index contributed by atoms with van der Waals surface area (Å²) in [6.07, 6.45) is 15.8. The van der Waals surface area contributed by atoms with E-state index < -0.39 is 0 Å². The van der Waals surface area contributed by atoms with E-state index in [0.29, 0.717) is 11.5 Å². The smallest absolute Gasteiger partial charge is 0.209 e. The Kier molecular flexibility index (Phi) is 16.5. The van der Waals surface area contributed by atoms with Gasteiger partial charge in [0, 0.05) is 93.7 Å². The van der Waals surface area contributed by atoms with Gasteiger partial charge in [-0.1, -0.05) is 144 Å². The van der Waals surface area contributed by atoms with E-state index in [1.807, 2.05) is 6.08 Å². The molecular formula is C47H53N4O6S5+. The van der Waals surface area contributed by atoms with Gasteiger partial charge in [-0.3, -0.25) is 0 Å². The van der Waals surface area contributed by atoms with Crippen molar-refractivity contribution in [2.24, 2.45) is 0 Å². The third kappa shape index (κ3) is 10.9. The highest BCUT2D eigenvalue weighted by Gasteiger charge is 2.44. The second-order valence-corrected chi connectivity index (χ2v) is 21.1. The molecule has 0 spiro atoms. The zero-order chi connectivity index (χ0) is 43.5. The van der Waals surface area contributed by atoms with E-state index in [0.717, 1.165) is 89.3 Å². The Morgan fingerprint density at radius 1 is 0.823 bits per heavy atom. The maximum atomic E-state index is 8.64. The predicted molar refractivity (Wildman–Crippen MR) is 258 cm³/mol. The number of hydrogen-bond donors (Lipinski definition) is 2. The van der Waals surface area contributed by atoms with Gasteiger partial charge >= 0.3 is 0 Å². The van der Waals surface area contributed by atoms with Crippen LogP contribution >= 0.6 is 58.9 Å². The molecule has 0 saturated heterocycles. The molecule has 15 heteroatoms. The van der Waals surface area contributed by atoms with Crippen LogP contribution in [0.4, 0.5) is 11.4 Å². The quantitative estimate of drug-likeness (QED) is 0.0207. The molecular weight excluding hydrogens is 877 g/mol. The first-order valence-corrected chi connectivity index (χ1v) is 25.1. The largest absolute Gasteiger partial charge is 0.344 e. The molecule has 0 unspecified atom stereocenters. The zero-order valence-corrected chi connectivity index (χ0v) is 39.5. The molecule has 0 fully saturated rings. The van der Waals surface area contributed by atoms with E-state index in [4.69, 9.17) is 15.6 Å². The summed E-state index contributed by atoms with van der Waals surface area (Å²) in [4.78, 5) is 3.66. The molecule has 2 aliphatic heterocycles. The lowest BCUT2D eigenvalue weighted by atomic mass is 9.81. The average Bonchev–Trinajstić information content (AvgIpc) is 3.89. The fraction of sp³-hybridized carbons (Fsp3) is 0.340. The zero-order valence-electron chi connectivity index (χ0n) is 35.5. The Labute approximate surface area is 386 Å². The number of nitrogens with zero attached hydrogens (tertiary/aromatic N) is 4. The summed E-state index contributed by atoms with van der Waals surface area (Å²) in [6.45, 7) is 14.7. The van der Waals surface area contributed by atoms with Crippen molar-refractivity contribution in [2.45, 2.75) is 85.1 Å². The molecule has 3 aromatic carbocycles. The second kappa shape index (κ2) is 22.0. The lowest BCUT2D eigenvalue weighted by molar-refractivity contribution is -0.438. The Balaban J connectivity index is 1.24. The molecule has 4 aromatic rings. The van der Waals surface area contributed by atoms with Gasteiger partial charge in [-0.05, 0) is 79.5 Å². The molecule has 3 aliphatic rings. The van der Waals surface area contributed by atoms with Gasteiger partial charge in [-0.15, -0.1) is 18.9 Å². The number of thioether (sulfide) groups is 2. The van der Waals surface area contributed by atoms with Gasteiger partial charge in [0.25, 0.3) is 0 Å². The number of allylic oxidation sites excluding steroid dienone is 7. The number of fused-ring (bicyclic) bond motifs is 2. The van der Waals surface area contributed by atoms with E-state index in [9.17, 15) is 0 Å². The van der Waals surface area contributed by atoms with Crippen molar-refractivity contribution in [3.63, 3.8) is 0 Å². The highest BCUT2D eigenvalue weighted by molar-refractivity contribution is 8.05. The standard InChI is InChI=1S/C47H52N4O6S5/c1-6-33-20-22-34(23-21-33)32-58-44-48-49-45(62-44)61-43-35(24-26-41-46(2,3)37-16-7-9-18-39(37)50(41)28-12-30-59-56-54-52)14-11-15-36(43)25-27-42-47(4,5)38-17-8-10-19-40(38)51(42)29-13-31-60-57-55-53/h6-10,16-27H,1,11-15,28-32H2,2-5H3,(H-,52,53)/p+1. The highest BCUT2D eigenvalue weighted by atomic mass is 32.2. The van der Waals surface area contributed by atoms with E-state index in [-0.39, 0.29) is 10.8 Å². The first kappa shape index (κ1) is 46.5. The van der Waals surface area contributed by atoms with Crippen LogP contribution in [0.1, 0.15) is 82.1 Å². The van der Waals surface area contributed by atoms with Crippen LogP contribution in [0.3, 0.4) is 0 Å². The maximum Gasteiger partial charge on any atom is 0.209 e. The topological polar surface area (TPSA) is 109 Å². The van der Waals surface area contributed by atoms with Crippen LogP contribution in [0.2, 0.25) is 0 Å². The monoisotopic (exact) mass is 929 g/mol. The van der Waals surface area contributed by atoms with Crippen LogP contribution in [-0.2, 0) is 35.3 Å². The number of rotatable bonds is 21. The normalized spacial score (nSPS) is 18.1. The van der Waals surface area contributed by atoms with E-state index in [1.165, 1.54) is 55.5 Å². The number of benzene rings is 3. The Morgan fingerprint density at radius 3 is 2.29 bits per heavy atom. The van der Waals surface area contributed by atoms with Crippen LogP contribution in [0.5, 0.6) is 0 Å². The van der Waals surface area contributed by atoms with Crippen molar-refractivity contribution in [1.82, 2.24) is 10.2 Å². The van der Waals surface area contributed by atoms with Crippen molar-refractivity contribution in [2.75, 3.05) is 29.5 Å². The van der Waals surface area contributed by atoms with E-state index >= 15 is 0 Å². The lowest BCUT2D eigenvalue weighted by Crippen LogP contribution is -2.28. The minimum absolute atomic E-state index is 0.212. The number of para-hydroxylation sites is 2. The van der Waals surface area contributed by atoms with Crippen molar-refractivity contribution in [3.8, 4) is 0 Å². The predicted octanol–water partition coefficient (Wildman–Crippen LogP) is 13.2. The number of hydrogen-bond acceptors (Lipinski definition) is 14. The molecule has 0 bridgehead atoms. The van der Waals surface area contributed by atoms with Gasteiger partial charge in [0.05, 0.1) is 5.41 Å². The average molecular weight is 930 g/mol. The first-order chi connectivity index (χ1) is 30.1. The SMILES string of the molecule is C=Cc1ccc(CSc2nnc(SC3=C(C=CC4=[N+](CCCSOOO)c5ccccc5C4(C)C)CCCC3=CC=C3N(CCCSOOO)c4ccccc4C3(C)C)s2)cc1. The summed E-state index contributed by atoms with van der Waals surface area (Å²) in [6, 6.07) is 25.8. The van der Waals surface area contributed by atoms with Crippen molar-refractivity contribution in [1.29, 1.82) is 0 Å². The van der Waals surface area contributed by atoms with Crippen LogP contribution in [-0.4, -0.2) is 55.6 Å². The molecule has 0 atom stereocenters. The fourth-order valence-corrected chi connectivity index (χ4v) is 12.4. The van der Waals surface area contributed by atoms with Crippen LogP contribution in [0, 0.1) is 0 Å². The molecule has 2 N–H and O–H groups in total. The Hall–Kier alpha value is -3.45. The first-order valence-electron chi connectivity index (χ1n) is 20.6. The molecule has 0 saturated carbocycles. The van der Waals surface area contributed by atoms with Crippen LogP contribution in [0.15, 0.2) is 134 Å². The molecule has 0 amide bonds. The minimum Gasteiger partial charge on any atom is -0.344 e. The summed E-state index contributed by atoms with van der Waals surface area (Å²) < 4.78 is 13.6. The molecule has 0 radical (unpaired) electrons. The van der Waals surface area contributed by atoms with Crippen molar-refractivity contribution < 1.29 is 33.8 Å². The molecule has 10 nitrogen and oxygen atoms in total. The summed E-state index contributed by atoms with van der Waals surface area (Å²) in [5.41, 5.74) is 12.0. The van der Waals surface area contributed by atoms with E-state index in [2.05, 4.69) is 165 Å². The third-order valence-corrected chi connectivity index (χ3v) is 16.1. The van der Waals surface area contributed by atoms with E-state index in [1.54, 1.807) is 34.9 Å². The van der Waals surface area contributed by atoms with Gasteiger partial charge in [-0.2, -0.15) is 4.58 Å². The summed E-state index contributed by atoms with van der Waals surface area (Å²) >= 11 is 7.28. The fourth-order valence-electron chi connectivity index (χ4n) is 8.43. The van der Waals surface area contributed by atoms with Crippen LogP contribution in [0.25, 0.3) is 6.08 Å². The molecule has 1 aromatic heterocycles. The summed E-state index contributed by atoms with van der Waals surface area (Å²) in [7, 11) is 0. The molecule has 62 heavy (non-hydrogen) atoms. The molecule has 7 rings (SSSR count). The van der Waals surface area contributed by atoms with Gasteiger partial charge in [0.15, 0.2) is 14.4 Å². The van der Waals surface area contributed by atoms with Crippen molar-refractivity contribution >= 4 is 82.1 Å². The molecule has 3 heterocycles. The van der Waals surface area contributed by atoms with Gasteiger partial charge < -0.3 is 4.90 Å². The molecule has 1 aliphatic carbocycles. The highest BCUT2D eigenvalue weighted by Crippen LogP contribution is 2.49. The second-order valence-electron chi connectivity index (χ2n) is 16.1. The maximum absolute atomic E-state index is 8.64. The molecule has 326 valence electrons. The summed E-state index contributed by atoms with van der Waals surface area (Å²) in [5, 5.41) is 34.3. The minimum atomic E-state index is -0.212. The van der Waals surface area contributed by atoms with Gasteiger partial charge in [-0.25, -0.2) is 10.5 Å². The lowest BCUT2D eigenvalue weighted by Gasteiger charge is -2.27. The van der Waals surface area contributed by atoms with Gasteiger partial charge in [0.1, 0.15) is 6.54 Å². The van der Waals surface area contributed by atoms with Crippen molar-refractivity contribution in [3.05, 3.63) is 148 Å². The third-order valence-electron chi connectivity index (χ3n) is 11.5. The Bertz CT molecular complexity index is 2350. The number of aromatic nitrogens is 2. The number of anilines is 1.